The molecule has 1 aromatic carbocycles. The van der Waals surface area contributed by atoms with Gasteiger partial charge < -0.3 is 10.0 Å². The van der Waals surface area contributed by atoms with Crippen molar-refractivity contribution in [2.75, 3.05) is 19.0 Å². The molecular weight excluding hydrogens is 334 g/mol. The molecule has 21 heavy (non-hydrogen) atoms. The number of benzene rings is 1. The summed E-state index contributed by atoms with van der Waals surface area (Å²) in [5.74, 6) is -1.09. The normalized spacial score (nSPS) is 12.0. The van der Waals surface area contributed by atoms with Gasteiger partial charge in [0.15, 0.2) is 0 Å². The monoisotopic (exact) mass is 349 g/mol. The number of anilines is 1. The molecule has 0 aliphatic heterocycles. The quantitative estimate of drug-likeness (QED) is 0.898. The van der Waals surface area contributed by atoms with Crippen LogP contribution in [0, 0.1) is 0 Å². The molecule has 2 rings (SSSR count). The molecule has 2 aromatic rings. The second kappa shape index (κ2) is 6.67. The van der Waals surface area contributed by atoms with E-state index in [9.17, 15) is 9.90 Å². The SMILES string of the molecule is CN(C)c1nccc(C(Cc2ccccc2Br)C(=O)O)n1. The van der Waals surface area contributed by atoms with Gasteiger partial charge in [0, 0.05) is 24.8 Å². The standard InChI is InChI=1S/C15H16BrN3O2/c1-19(2)15-17-8-7-13(18-15)11(14(20)21)9-10-5-3-4-6-12(10)16/h3-8,11H,9H2,1-2H3,(H,20,21). The molecule has 1 N–H and O–H groups in total. The number of aromatic nitrogens is 2. The van der Waals surface area contributed by atoms with Crippen molar-refractivity contribution in [3.63, 3.8) is 0 Å². The minimum atomic E-state index is -0.894. The van der Waals surface area contributed by atoms with Crippen LogP contribution < -0.4 is 4.90 Å². The topological polar surface area (TPSA) is 66.3 Å². The minimum Gasteiger partial charge on any atom is -0.481 e. The van der Waals surface area contributed by atoms with Gasteiger partial charge in [0.05, 0.1) is 5.69 Å². The van der Waals surface area contributed by atoms with Crippen LogP contribution in [-0.2, 0) is 11.2 Å². The van der Waals surface area contributed by atoms with E-state index in [1.165, 1.54) is 0 Å². The maximum atomic E-state index is 11.6. The number of carbonyl (C=O) groups is 1. The molecule has 0 aliphatic rings. The van der Waals surface area contributed by atoms with E-state index in [0.717, 1.165) is 10.0 Å². The van der Waals surface area contributed by atoms with E-state index in [0.29, 0.717) is 18.1 Å². The largest absolute Gasteiger partial charge is 0.481 e. The Hall–Kier alpha value is -1.95. The lowest BCUT2D eigenvalue weighted by Gasteiger charge is -2.16. The molecule has 0 saturated heterocycles. The molecule has 0 radical (unpaired) electrons. The third-order valence-electron chi connectivity index (χ3n) is 3.10. The Morgan fingerprint density at radius 1 is 1.33 bits per heavy atom. The summed E-state index contributed by atoms with van der Waals surface area (Å²) in [6, 6.07) is 9.26. The summed E-state index contributed by atoms with van der Waals surface area (Å²) in [7, 11) is 3.64. The second-order valence-corrected chi connectivity index (χ2v) is 5.72. The van der Waals surface area contributed by atoms with Crippen LogP contribution in [0.15, 0.2) is 41.0 Å². The van der Waals surface area contributed by atoms with E-state index < -0.39 is 11.9 Å². The van der Waals surface area contributed by atoms with Crippen LogP contribution in [0.4, 0.5) is 5.95 Å². The van der Waals surface area contributed by atoms with Gasteiger partial charge in [-0.1, -0.05) is 34.1 Å². The van der Waals surface area contributed by atoms with E-state index in [-0.39, 0.29) is 0 Å². The van der Waals surface area contributed by atoms with E-state index in [4.69, 9.17) is 0 Å². The Kier molecular flexibility index (Phi) is 4.90. The fourth-order valence-electron chi connectivity index (χ4n) is 1.97. The highest BCUT2D eigenvalue weighted by Gasteiger charge is 2.23. The predicted molar refractivity (Wildman–Crippen MR) is 84.6 cm³/mol. The molecule has 6 heteroatoms. The summed E-state index contributed by atoms with van der Waals surface area (Å²) < 4.78 is 0.901. The minimum absolute atomic E-state index is 0.376. The number of aliphatic carboxylic acids is 1. The fourth-order valence-corrected chi connectivity index (χ4v) is 2.42. The van der Waals surface area contributed by atoms with Gasteiger partial charge in [-0.05, 0) is 24.1 Å². The fraction of sp³-hybridized carbons (Fsp3) is 0.267. The molecule has 0 amide bonds. The predicted octanol–water partition coefficient (Wildman–Crippen LogP) is 2.72. The summed E-state index contributed by atoms with van der Waals surface area (Å²) in [4.78, 5) is 21.8. The zero-order valence-corrected chi connectivity index (χ0v) is 13.4. The molecule has 1 atom stereocenters. The van der Waals surface area contributed by atoms with Gasteiger partial charge in [0.25, 0.3) is 0 Å². The van der Waals surface area contributed by atoms with Crippen molar-refractivity contribution in [1.29, 1.82) is 0 Å². The number of nitrogens with zero attached hydrogens (tertiary/aromatic N) is 3. The zero-order valence-electron chi connectivity index (χ0n) is 11.8. The van der Waals surface area contributed by atoms with Crippen LogP contribution >= 0.6 is 15.9 Å². The van der Waals surface area contributed by atoms with Crippen molar-refractivity contribution < 1.29 is 9.90 Å². The Morgan fingerprint density at radius 3 is 2.67 bits per heavy atom. The molecular formula is C15H16BrN3O2. The van der Waals surface area contributed by atoms with E-state index in [2.05, 4.69) is 25.9 Å². The van der Waals surface area contributed by atoms with Crippen molar-refractivity contribution in [1.82, 2.24) is 9.97 Å². The van der Waals surface area contributed by atoms with Crippen LogP contribution in [0.3, 0.4) is 0 Å². The first-order valence-electron chi connectivity index (χ1n) is 6.45. The summed E-state index contributed by atoms with van der Waals surface area (Å²) in [5.41, 5.74) is 1.45. The first-order chi connectivity index (χ1) is 9.99. The number of rotatable bonds is 5. The molecule has 0 fully saturated rings. The lowest BCUT2D eigenvalue weighted by Crippen LogP contribution is -2.19. The maximum absolute atomic E-state index is 11.6. The van der Waals surface area contributed by atoms with Gasteiger partial charge in [-0.3, -0.25) is 4.79 Å². The number of halogens is 1. The first kappa shape index (κ1) is 15.4. The van der Waals surface area contributed by atoms with Gasteiger partial charge in [-0.25, -0.2) is 9.97 Å². The lowest BCUT2D eigenvalue weighted by atomic mass is 9.96. The maximum Gasteiger partial charge on any atom is 0.312 e. The summed E-state index contributed by atoms with van der Waals surface area (Å²) in [6.45, 7) is 0. The van der Waals surface area contributed by atoms with Crippen LogP contribution in [0.25, 0.3) is 0 Å². The third-order valence-corrected chi connectivity index (χ3v) is 3.88. The van der Waals surface area contributed by atoms with Crippen molar-refractivity contribution in [3.8, 4) is 0 Å². The molecule has 0 spiro atoms. The average molecular weight is 350 g/mol. The summed E-state index contributed by atoms with van der Waals surface area (Å²) in [6.07, 6.45) is 1.97. The molecule has 110 valence electrons. The molecule has 0 bridgehead atoms. The van der Waals surface area contributed by atoms with E-state index in [1.807, 2.05) is 38.4 Å². The smallest absolute Gasteiger partial charge is 0.312 e. The highest BCUT2D eigenvalue weighted by molar-refractivity contribution is 9.10. The molecule has 5 nitrogen and oxygen atoms in total. The highest BCUT2D eigenvalue weighted by Crippen LogP contribution is 2.25. The van der Waals surface area contributed by atoms with Gasteiger partial charge in [0.2, 0.25) is 5.95 Å². The van der Waals surface area contributed by atoms with Crippen LogP contribution in [-0.4, -0.2) is 35.1 Å². The number of hydrogen-bond acceptors (Lipinski definition) is 4. The Balaban J connectivity index is 2.34. The van der Waals surface area contributed by atoms with Crippen molar-refractivity contribution >= 4 is 27.8 Å². The Labute approximate surface area is 131 Å². The number of hydrogen-bond donors (Lipinski definition) is 1. The highest BCUT2D eigenvalue weighted by atomic mass is 79.9. The van der Waals surface area contributed by atoms with Crippen molar-refractivity contribution in [2.45, 2.75) is 12.3 Å². The van der Waals surface area contributed by atoms with E-state index in [1.54, 1.807) is 17.2 Å². The van der Waals surface area contributed by atoms with Crippen LogP contribution in [0.2, 0.25) is 0 Å². The van der Waals surface area contributed by atoms with Crippen molar-refractivity contribution in [2.24, 2.45) is 0 Å². The first-order valence-corrected chi connectivity index (χ1v) is 7.25. The van der Waals surface area contributed by atoms with E-state index >= 15 is 0 Å². The zero-order chi connectivity index (χ0) is 15.4. The summed E-state index contributed by atoms with van der Waals surface area (Å²) >= 11 is 3.45. The lowest BCUT2D eigenvalue weighted by molar-refractivity contribution is -0.138. The van der Waals surface area contributed by atoms with Crippen molar-refractivity contribution in [3.05, 3.63) is 52.3 Å². The number of carboxylic acids is 1. The van der Waals surface area contributed by atoms with Gasteiger partial charge in [0.1, 0.15) is 5.92 Å². The van der Waals surface area contributed by atoms with Crippen LogP contribution in [0.1, 0.15) is 17.2 Å². The van der Waals surface area contributed by atoms with Gasteiger partial charge in [-0.15, -0.1) is 0 Å². The van der Waals surface area contributed by atoms with Gasteiger partial charge in [-0.2, -0.15) is 0 Å². The Bertz CT molecular complexity index is 646. The summed E-state index contributed by atoms with van der Waals surface area (Å²) in [5, 5.41) is 9.52. The second-order valence-electron chi connectivity index (χ2n) is 4.86. The number of carboxylic acid groups (broad SMARTS) is 1. The molecule has 0 aliphatic carbocycles. The van der Waals surface area contributed by atoms with Crippen LogP contribution in [0.5, 0.6) is 0 Å². The van der Waals surface area contributed by atoms with Gasteiger partial charge >= 0.3 is 5.97 Å². The third kappa shape index (κ3) is 3.78. The average Bonchev–Trinajstić information content (AvgIpc) is 2.46. The Morgan fingerprint density at radius 2 is 2.05 bits per heavy atom. The molecule has 1 heterocycles. The molecule has 1 aromatic heterocycles. The molecule has 0 saturated carbocycles. The molecule has 1 unspecified atom stereocenters.